The lowest BCUT2D eigenvalue weighted by Gasteiger charge is -2.10. The van der Waals surface area contributed by atoms with Crippen molar-refractivity contribution >= 4 is 29.0 Å². The quantitative estimate of drug-likeness (QED) is 0.344. The molecule has 2 amide bonds. The van der Waals surface area contributed by atoms with Gasteiger partial charge in [0.25, 0.3) is 0 Å². The monoisotopic (exact) mass is 488 g/mol. The van der Waals surface area contributed by atoms with Crippen LogP contribution in [0.15, 0.2) is 67.0 Å². The van der Waals surface area contributed by atoms with Gasteiger partial charge in [0, 0.05) is 11.3 Å². The number of halogens is 4. The van der Waals surface area contributed by atoms with Gasteiger partial charge in [-0.25, -0.2) is 19.4 Å². The highest BCUT2D eigenvalue weighted by Crippen LogP contribution is 2.24. The Hall–Kier alpha value is -4.12. The van der Waals surface area contributed by atoms with E-state index in [0.717, 1.165) is 0 Å². The van der Waals surface area contributed by atoms with E-state index in [1.165, 1.54) is 35.3 Å². The van der Waals surface area contributed by atoms with E-state index < -0.39 is 12.4 Å². The Morgan fingerprint density at radius 1 is 1.00 bits per heavy atom. The number of nitrogens with zero attached hydrogens (tertiary/aromatic N) is 4. The number of benzene rings is 2. The number of carbonyl (C=O) groups excluding carboxylic acids is 1. The molecule has 0 aliphatic rings. The summed E-state index contributed by atoms with van der Waals surface area (Å²) in [6.07, 6.45) is -3.31. The zero-order chi connectivity index (χ0) is 24.3. The van der Waals surface area contributed by atoms with Gasteiger partial charge < -0.3 is 15.4 Å². The molecule has 0 atom stereocenters. The molecule has 2 aromatic heterocycles. The molecule has 0 aliphatic heterocycles. The van der Waals surface area contributed by atoms with Crippen molar-refractivity contribution in [1.82, 2.24) is 19.7 Å². The third-order valence-corrected chi connectivity index (χ3v) is 4.74. The van der Waals surface area contributed by atoms with Crippen molar-refractivity contribution < 1.29 is 22.7 Å². The number of carbonyl (C=O) groups is 1. The molecular weight excluding hydrogens is 473 g/mol. The topological polar surface area (TPSA) is 94.0 Å². The van der Waals surface area contributed by atoms with Crippen molar-refractivity contribution in [2.75, 3.05) is 10.6 Å². The fourth-order valence-corrected chi connectivity index (χ4v) is 3.16. The normalized spacial score (nSPS) is 11.2. The number of rotatable bonds is 5. The number of amides is 2. The van der Waals surface area contributed by atoms with Crippen molar-refractivity contribution in [3.63, 3.8) is 0 Å². The lowest BCUT2D eigenvalue weighted by molar-refractivity contribution is -0.274. The van der Waals surface area contributed by atoms with Crippen LogP contribution in [0.25, 0.3) is 17.1 Å². The van der Waals surface area contributed by atoms with E-state index in [0.29, 0.717) is 39.3 Å². The third-order valence-electron chi connectivity index (χ3n) is 4.53. The number of nitrogens with one attached hydrogen (secondary N) is 2. The summed E-state index contributed by atoms with van der Waals surface area (Å²) in [4.78, 5) is 20.6. The minimum atomic E-state index is -4.75. The van der Waals surface area contributed by atoms with Gasteiger partial charge in [-0.05, 0) is 67.6 Å². The first-order valence-corrected chi connectivity index (χ1v) is 10.1. The molecule has 0 bridgehead atoms. The average Bonchev–Trinajstić information content (AvgIpc) is 3.26. The van der Waals surface area contributed by atoms with Crippen molar-refractivity contribution in [3.05, 3.63) is 77.8 Å². The Balaban J connectivity index is 1.40. The number of aryl methyl sites for hydroxylation is 1. The summed E-state index contributed by atoms with van der Waals surface area (Å²) in [7, 11) is 0. The first-order valence-electron chi connectivity index (χ1n) is 9.76. The van der Waals surface area contributed by atoms with Crippen LogP contribution in [-0.2, 0) is 0 Å². The predicted octanol–water partition coefficient (Wildman–Crippen LogP) is 5.83. The van der Waals surface area contributed by atoms with Gasteiger partial charge in [0.2, 0.25) is 0 Å². The summed E-state index contributed by atoms with van der Waals surface area (Å²) in [5.41, 5.74) is 2.85. The van der Waals surface area contributed by atoms with E-state index in [1.54, 1.807) is 43.3 Å². The maximum absolute atomic E-state index is 12.3. The van der Waals surface area contributed by atoms with E-state index in [-0.39, 0.29) is 5.75 Å². The molecule has 174 valence electrons. The molecule has 2 heterocycles. The Kier molecular flexibility index (Phi) is 6.37. The van der Waals surface area contributed by atoms with Crippen LogP contribution in [0.1, 0.15) is 5.69 Å². The second-order valence-electron chi connectivity index (χ2n) is 6.98. The minimum absolute atomic E-state index is 0.328. The fraction of sp³-hybridized carbons (Fsp3) is 0.0909. The van der Waals surface area contributed by atoms with Gasteiger partial charge >= 0.3 is 12.4 Å². The molecule has 2 aromatic carbocycles. The molecule has 0 unspecified atom stereocenters. The van der Waals surface area contributed by atoms with Crippen LogP contribution in [0.2, 0.25) is 5.15 Å². The maximum Gasteiger partial charge on any atom is 0.573 e. The van der Waals surface area contributed by atoms with Crippen LogP contribution < -0.4 is 15.4 Å². The predicted molar refractivity (Wildman–Crippen MR) is 120 cm³/mol. The molecule has 0 spiro atoms. The number of aromatic nitrogens is 4. The smallest absolute Gasteiger partial charge is 0.406 e. The second-order valence-corrected chi connectivity index (χ2v) is 7.37. The van der Waals surface area contributed by atoms with Gasteiger partial charge in [-0.15, -0.1) is 18.3 Å². The zero-order valence-corrected chi connectivity index (χ0v) is 18.2. The molecular formula is C22H16ClF3N6O2. The number of hydrogen-bond donors (Lipinski definition) is 2. The van der Waals surface area contributed by atoms with Crippen LogP contribution in [0.4, 0.5) is 29.3 Å². The number of alkyl halides is 3. The number of anilines is 2. The highest BCUT2D eigenvalue weighted by atomic mass is 35.5. The molecule has 0 saturated heterocycles. The molecule has 12 heteroatoms. The van der Waals surface area contributed by atoms with Crippen molar-refractivity contribution in [2.24, 2.45) is 0 Å². The largest absolute Gasteiger partial charge is 0.573 e. The fourth-order valence-electron chi connectivity index (χ4n) is 2.97. The van der Waals surface area contributed by atoms with E-state index >= 15 is 0 Å². The van der Waals surface area contributed by atoms with E-state index in [2.05, 4.69) is 30.4 Å². The van der Waals surface area contributed by atoms with Crippen molar-refractivity contribution in [2.45, 2.75) is 13.3 Å². The molecule has 0 radical (unpaired) electrons. The highest BCUT2D eigenvalue weighted by Gasteiger charge is 2.31. The van der Waals surface area contributed by atoms with E-state index in [9.17, 15) is 18.0 Å². The van der Waals surface area contributed by atoms with Crippen LogP contribution in [0.5, 0.6) is 5.75 Å². The van der Waals surface area contributed by atoms with Gasteiger partial charge in [-0.2, -0.15) is 0 Å². The summed E-state index contributed by atoms with van der Waals surface area (Å²) >= 11 is 5.82. The first-order chi connectivity index (χ1) is 16.2. The molecule has 0 fully saturated rings. The summed E-state index contributed by atoms with van der Waals surface area (Å²) in [5, 5.41) is 10.1. The highest BCUT2D eigenvalue weighted by molar-refractivity contribution is 6.29. The van der Waals surface area contributed by atoms with Gasteiger partial charge in [-0.3, -0.25) is 0 Å². The third kappa shape index (κ3) is 5.81. The Bertz CT molecular complexity index is 1310. The molecule has 0 aliphatic carbocycles. The summed E-state index contributed by atoms with van der Waals surface area (Å²) < 4.78 is 42.2. The summed E-state index contributed by atoms with van der Waals surface area (Å²) in [6, 6.07) is 14.9. The van der Waals surface area contributed by atoms with Crippen molar-refractivity contribution in [1.29, 1.82) is 0 Å². The zero-order valence-electron chi connectivity index (χ0n) is 17.5. The molecule has 2 N–H and O–H groups in total. The number of pyridine rings is 1. The van der Waals surface area contributed by atoms with Crippen LogP contribution in [0, 0.1) is 6.92 Å². The van der Waals surface area contributed by atoms with Crippen LogP contribution >= 0.6 is 11.6 Å². The van der Waals surface area contributed by atoms with Gasteiger partial charge in [0.05, 0.1) is 17.1 Å². The van der Waals surface area contributed by atoms with Crippen LogP contribution in [-0.4, -0.2) is 32.1 Å². The standard InChI is InChI=1S/C22H16ClF3N6O2/c1-13-18(10-11-19(23)28-13)30-21(33)29-15-4-2-14(3-5-15)20-27-12-32(31-20)16-6-8-17(9-7-16)34-22(24,25)26/h2-12H,1H3,(H2,29,30,33). The minimum Gasteiger partial charge on any atom is -0.406 e. The van der Waals surface area contributed by atoms with E-state index in [1.807, 2.05) is 0 Å². The Labute approximate surface area is 196 Å². The second kappa shape index (κ2) is 9.40. The average molecular weight is 489 g/mol. The SMILES string of the molecule is Cc1nc(Cl)ccc1NC(=O)Nc1ccc(-c2ncn(-c3ccc(OC(F)(F)F)cc3)n2)cc1. The summed E-state index contributed by atoms with van der Waals surface area (Å²) in [5.74, 6) is 0.0701. The maximum atomic E-state index is 12.3. The number of ether oxygens (including phenoxy) is 1. The van der Waals surface area contributed by atoms with E-state index in [4.69, 9.17) is 11.6 Å². The molecule has 4 rings (SSSR count). The lowest BCUT2D eigenvalue weighted by atomic mass is 10.2. The van der Waals surface area contributed by atoms with Gasteiger partial charge in [-0.1, -0.05) is 11.6 Å². The Morgan fingerprint density at radius 3 is 2.35 bits per heavy atom. The lowest BCUT2D eigenvalue weighted by Crippen LogP contribution is -2.20. The molecule has 34 heavy (non-hydrogen) atoms. The number of hydrogen-bond acceptors (Lipinski definition) is 5. The van der Waals surface area contributed by atoms with Gasteiger partial charge in [0.15, 0.2) is 5.82 Å². The molecule has 0 saturated carbocycles. The molecule has 8 nitrogen and oxygen atoms in total. The first kappa shape index (κ1) is 23.1. The van der Waals surface area contributed by atoms with Gasteiger partial charge in [0.1, 0.15) is 17.2 Å². The van der Waals surface area contributed by atoms with Crippen LogP contribution in [0.3, 0.4) is 0 Å². The Morgan fingerprint density at radius 2 is 1.71 bits per heavy atom. The number of urea groups is 1. The van der Waals surface area contributed by atoms with Crippen molar-refractivity contribution in [3.8, 4) is 22.8 Å². The molecule has 4 aromatic rings. The summed E-state index contributed by atoms with van der Waals surface area (Å²) in [6.45, 7) is 1.73.